The Kier molecular flexibility index (Phi) is 8.41. The Labute approximate surface area is 366 Å². The Morgan fingerprint density at radius 3 is 1.54 bits per heavy atom. The first kappa shape index (κ1) is 36.6. The minimum absolute atomic E-state index is 0.203. The maximum absolute atomic E-state index is 4.31. The lowest BCUT2D eigenvalue weighted by atomic mass is 9.82. The molecule has 0 bridgehead atoms. The van der Waals surface area contributed by atoms with Crippen LogP contribution in [0.5, 0.6) is 0 Å². The second kappa shape index (κ2) is 14.5. The van der Waals surface area contributed by atoms with Crippen molar-refractivity contribution in [1.29, 1.82) is 0 Å². The van der Waals surface area contributed by atoms with Crippen LogP contribution in [-0.2, 0) is 5.41 Å². The first-order chi connectivity index (χ1) is 31.0. The van der Waals surface area contributed by atoms with Crippen molar-refractivity contribution in [2.75, 3.05) is 4.90 Å². The second-order valence-corrected chi connectivity index (χ2v) is 16.9. The minimum Gasteiger partial charge on any atom is -0.310 e. The number of nitrogens with zero attached hydrogens (tertiary/aromatic N) is 6. The smallest absolute Gasteiger partial charge is 0.0991 e. The number of aromatic nitrogens is 5. The molecule has 0 unspecified atom stereocenters. The average Bonchev–Trinajstić information content (AvgIpc) is 4.17. The quantitative estimate of drug-likeness (QED) is 0.154. The van der Waals surface area contributed by atoms with Gasteiger partial charge in [0.2, 0.25) is 0 Å². The molecular weight excluding hydrogens is 769 g/mol. The summed E-state index contributed by atoms with van der Waals surface area (Å²) in [5.41, 5.74) is 18.7. The van der Waals surface area contributed by atoms with Gasteiger partial charge in [0, 0.05) is 75.1 Å². The molecule has 0 N–H and O–H groups in total. The zero-order valence-corrected chi connectivity index (χ0v) is 35.0. The van der Waals surface area contributed by atoms with Crippen LogP contribution in [0, 0.1) is 0 Å². The van der Waals surface area contributed by atoms with E-state index in [9.17, 15) is 0 Å². The van der Waals surface area contributed by atoms with Crippen molar-refractivity contribution >= 4 is 38.9 Å². The van der Waals surface area contributed by atoms with Gasteiger partial charge in [-0.05, 0) is 136 Å². The number of hydrogen-bond donors (Lipinski definition) is 0. The minimum atomic E-state index is -0.203. The molecule has 6 nitrogen and oxygen atoms in total. The van der Waals surface area contributed by atoms with Gasteiger partial charge in [-0.2, -0.15) is 0 Å². The van der Waals surface area contributed by atoms with Crippen LogP contribution in [0.3, 0.4) is 0 Å². The fourth-order valence-electron chi connectivity index (χ4n) is 9.73. The Morgan fingerprint density at radius 2 is 0.905 bits per heavy atom. The van der Waals surface area contributed by atoms with Crippen LogP contribution in [-0.4, -0.2) is 23.7 Å². The van der Waals surface area contributed by atoms with Crippen LogP contribution < -0.4 is 4.90 Å². The van der Waals surface area contributed by atoms with E-state index >= 15 is 0 Å². The van der Waals surface area contributed by atoms with E-state index in [1.54, 1.807) is 0 Å². The third kappa shape index (κ3) is 6.10. The van der Waals surface area contributed by atoms with Crippen LogP contribution in [0.4, 0.5) is 17.1 Å². The standard InChI is InChI=1S/C57H42N6/c1-57(2)53-35-47(61-32-30-59-38-61)22-25-49(53)50-26-23-48(36-54(50)57)62(44-18-13-40(14-19-44)39-9-5-3-6-10-39)45-20-15-41(16-21-45)42-17-27-55-51(33-42)52-34-46(60-31-29-58-37-60)24-28-56(52)63(55)43-11-7-4-8-12-43/h3-38H,1-2H3. The largest absolute Gasteiger partial charge is 0.310 e. The second-order valence-electron chi connectivity index (χ2n) is 16.9. The molecule has 1 aliphatic carbocycles. The molecule has 11 aromatic rings. The summed E-state index contributed by atoms with van der Waals surface area (Å²) in [6.45, 7) is 4.69. The Balaban J connectivity index is 0.956. The van der Waals surface area contributed by atoms with Gasteiger partial charge >= 0.3 is 0 Å². The van der Waals surface area contributed by atoms with Crippen molar-refractivity contribution < 1.29 is 0 Å². The number of anilines is 3. The molecule has 0 spiro atoms. The van der Waals surface area contributed by atoms with E-state index in [0.717, 1.165) is 39.7 Å². The summed E-state index contributed by atoms with van der Waals surface area (Å²) in [6, 6.07) is 66.6. The van der Waals surface area contributed by atoms with E-state index < -0.39 is 0 Å². The molecule has 3 heterocycles. The molecule has 63 heavy (non-hydrogen) atoms. The normalized spacial score (nSPS) is 12.7. The molecule has 0 saturated carbocycles. The highest BCUT2D eigenvalue weighted by Crippen LogP contribution is 2.51. The molecule has 0 saturated heterocycles. The van der Waals surface area contributed by atoms with E-state index in [-0.39, 0.29) is 5.41 Å². The van der Waals surface area contributed by atoms with Gasteiger partial charge in [-0.3, -0.25) is 0 Å². The molecule has 0 fully saturated rings. The number of fused-ring (bicyclic) bond motifs is 6. The fraction of sp³-hybridized carbons (Fsp3) is 0.0526. The zero-order chi connectivity index (χ0) is 42.1. The SMILES string of the molecule is CC1(C)c2cc(N(c3ccc(-c4ccccc4)cc3)c3ccc(-c4ccc5c(c4)c4cc(-n6ccnc6)ccc4n5-c4ccccc4)cc3)ccc2-c2ccc(-n3ccnc3)cc21. The van der Waals surface area contributed by atoms with Crippen molar-refractivity contribution in [3.8, 4) is 50.4 Å². The predicted octanol–water partition coefficient (Wildman–Crippen LogP) is 14.3. The fourth-order valence-corrected chi connectivity index (χ4v) is 9.73. The molecule has 0 atom stereocenters. The van der Waals surface area contributed by atoms with Gasteiger partial charge < -0.3 is 18.6 Å². The summed E-state index contributed by atoms with van der Waals surface area (Å²) < 4.78 is 6.51. The zero-order valence-electron chi connectivity index (χ0n) is 35.0. The molecule has 3 aromatic heterocycles. The van der Waals surface area contributed by atoms with Gasteiger partial charge in [-0.15, -0.1) is 0 Å². The molecular formula is C57H42N6. The molecule has 300 valence electrons. The van der Waals surface area contributed by atoms with Crippen molar-refractivity contribution in [3.63, 3.8) is 0 Å². The van der Waals surface area contributed by atoms with E-state index in [1.165, 1.54) is 60.8 Å². The van der Waals surface area contributed by atoms with E-state index in [1.807, 2.05) is 37.4 Å². The van der Waals surface area contributed by atoms with Gasteiger partial charge in [0.15, 0.2) is 0 Å². The molecule has 12 rings (SSSR count). The first-order valence-electron chi connectivity index (χ1n) is 21.4. The van der Waals surface area contributed by atoms with Gasteiger partial charge in [0.1, 0.15) is 0 Å². The van der Waals surface area contributed by atoms with Crippen molar-refractivity contribution in [3.05, 3.63) is 231 Å². The molecule has 6 heteroatoms. The number of imidazole rings is 2. The maximum atomic E-state index is 4.31. The molecule has 0 radical (unpaired) electrons. The molecule has 1 aliphatic rings. The van der Waals surface area contributed by atoms with Gasteiger partial charge in [0.05, 0.1) is 23.7 Å². The summed E-state index contributed by atoms with van der Waals surface area (Å²) in [7, 11) is 0. The van der Waals surface area contributed by atoms with Gasteiger partial charge in [0.25, 0.3) is 0 Å². The monoisotopic (exact) mass is 810 g/mol. The van der Waals surface area contributed by atoms with E-state index in [2.05, 4.69) is 224 Å². The third-order valence-electron chi connectivity index (χ3n) is 13.0. The summed E-state index contributed by atoms with van der Waals surface area (Å²) in [4.78, 5) is 11.0. The van der Waals surface area contributed by atoms with Crippen LogP contribution in [0.25, 0.3) is 72.2 Å². The maximum Gasteiger partial charge on any atom is 0.0991 e. The summed E-state index contributed by atoms with van der Waals surface area (Å²) in [5, 5.41) is 2.40. The van der Waals surface area contributed by atoms with Crippen LogP contribution in [0.1, 0.15) is 25.0 Å². The topological polar surface area (TPSA) is 43.8 Å². The highest BCUT2D eigenvalue weighted by molar-refractivity contribution is 6.11. The lowest BCUT2D eigenvalue weighted by molar-refractivity contribution is 0.659. The lowest BCUT2D eigenvalue weighted by Crippen LogP contribution is -2.17. The number of benzene rings is 8. The van der Waals surface area contributed by atoms with Crippen LogP contribution in [0.2, 0.25) is 0 Å². The van der Waals surface area contributed by atoms with Gasteiger partial charge in [-0.25, -0.2) is 9.97 Å². The van der Waals surface area contributed by atoms with Crippen molar-refractivity contribution in [2.24, 2.45) is 0 Å². The average molecular weight is 811 g/mol. The number of rotatable bonds is 8. The van der Waals surface area contributed by atoms with Crippen LogP contribution >= 0.6 is 0 Å². The lowest BCUT2D eigenvalue weighted by Gasteiger charge is -2.28. The van der Waals surface area contributed by atoms with Crippen molar-refractivity contribution in [1.82, 2.24) is 23.7 Å². The molecule has 8 aromatic carbocycles. The first-order valence-corrected chi connectivity index (χ1v) is 21.4. The summed E-state index contributed by atoms with van der Waals surface area (Å²) in [5.74, 6) is 0. The third-order valence-corrected chi connectivity index (χ3v) is 13.0. The highest BCUT2D eigenvalue weighted by Gasteiger charge is 2.36. The molecule has 0 amide bonds. The summed E-state index contributed by atoms with van der Waals surface area (Å²) in [6.07, 6.45) is 11.4. The van der Waals surface area contributed by atoms with E-state index in [4.69, 9.17) is 0 Å². The Hall–Kier alpha value is -8.22. The Bertz CT molecular complexity index is 3440. The van der Waals surface area contributed by atoms with Gasteiger partial charge in [-0.1, -0.05) is 105 Å². The Morgan fingerprint density at radius 1 is 0.413 bits per heavy atom. The van der Waals surface area contributed by atoms with E-state index in [0.29, 0.717) is 0 Å². The molecule has 0 aliphatic heterocycles. The van der Waals surface area contributed by atoms with Crippen LogP contribution in [0.15, 0.2) is 219 Å². The predicted molar refractivity (Wildman–Crippen MR) is 258 cm³/mol. The number of hydrogen-bond acceptors (Lipinski definition) is 3. The van der Waals surface area contributed by atoms with Crippen molar-refractivity contribution in [2.45, 2.75) is 19.3 Å². The summed E-state index contributed by atoms with van der Waals surface area (Å²) >= 11 is 0. The number of para-hydroxylation sites is 1. The highest BCUT2D eigenvalue weighted by atomic mass is 15.1.